The Hall–Kier alpha value is -1.75. The van der Waals surface area contributed by atoms with Gasteiger partial charge in [0, 0.05) is 25.9 Å². The van der Waals surface area contributed by atoms with Crippen LogP contribution in [0.25, 0.3) is 0 Å². The Kier molecular flexibility index (Phi) is 2.96. The third-order valence-corrected chi connectivity index (χ3v) is 2.31. The molecule has 0 saturated carbocycles. The van der Waals surface area contributed by atoms with Crippen LogP contribution in [-0.2, 0) is 13.5 Å². The van der Waals surface area contributed by atoms with Crippen molar-refractivity contribution in [1.82, 2.24) is 19.7 Å². The number of hydrogen-bond donors (Lipinski definition) is 1. The number of aliphatic hydroxyl groups is 1. The fourth-order valence-electron chi connectivity index (χ4n) is 1.45. The van der Waals surface area contributed by atoms with E-state index in [1.54, 1.807) is 17.1 Å². The molecule has 2 rings (SSSR count). The summed E-state index contributed by atoms with van der Waals surface area (Å²) in [5.74, 6) is 0. The van der Waals surface area contributed by atoms with Crippen molar-refractivity contribution in [3.8, 4) is 0 Å². The molecule has 0 aromatic carbocycles. The van der Waals surface area contributed by atoms with E-state index in [9.17, 15) is 5.11 Å². The number of aryl methyl sites for hydroxylation is 2. The zero-order valence-corrected chi connectivity index (χ0v) is 9.33. The molecular formula is C11H14N4O. The molecule has 5 nitrogen and oxygen atoms in total. The molecule has 5 heteroatoms. The third kappa shape index (κ3) is 2.43. The highest BCUT2D eigenvalue weighted by molar-refractivity contribution is 5.08. The van der Waals surface area contributed by atoms with Crippen LogP contribution in [0.5, 0.6) is 0 Å². The second kappa shape index (κ2) is 4.40. The molecule has 0 fully saturated rings. The van der Waals surface area contributed by atoms with E-state index < -0.39 is 6.10 Å². The van der Waals surface area contributed by atoms with E-state index in [-0.39, 0.29) is 0 Å². The van der Waals surface area contributed by atoms with Crippen LogP contribution in [0.2, 0.25) is 0 Å². The van der Waals surface area contributed by atoms with Gasteiger partial charge in [0.2, 0.25) is 0 Å². The molecule has 2 aromatic rings. The Morgan fingerprint density at radius 2 is 2.19 bits per heavy atom. The summed E-state index contributed by atoms with van der Waals surface area (Å²) in [5, 5.41) is 14.1. The molecule has 0 radical (unpaired) electrons. The fraction of sp³-hybridized carbons (Fsp3) is 0.364. The predicted molar refractivity (Wildman–Crippen MR) is 58.6 cm³/mol. The van der Waals surface area contributed by atoms with Crippen LogP contribution in [0.4, 0.5) is 0 Å². The Balaban J connectivity index is 2.08. The molecule has 16 heavy (non-hydrogen) atoms. The molecule has 1 unspecified atom stereocenters. The first-order valence-corrected chi connectivity index (χ1v) is 5.10. The highest BCUT2D eigenvalue weighted by Crippen LogP contribution is 2.14. The fourth-order valence-corrected chi connectivity index (χ4v) is 1.45. The minimum absolute atomic E-state index is 0.457. The van der Waals surface area contributed by atoms with Crippen molar-refractivity contribution >= 4 is 0 Å². The maximum absolute atomic E-state index is 9.92. The SMILES string of the molecule is Cc1cnc(C(O)Cc2ccn(C)n2)cn1. The smallest absolute Gasteiger partial charge is 0.103 e. The minimum atomic E-state index is -0.650. The normalized spacial score (nSPS) is 12.7. The maximum atomic E-state index is 9.92. The zero-order valence-electron chi connectivity index (χ0n) is 9.33. The molecular weight excluding hydrogens is 204 g/mol. The van der Waals surface area contributed by atoms with Crippen LogP contribution in [0.1, 0.15) is 23.2 Å². The summed E-state index contributed by atoms with van der Waals surface area (Å²) in [4.78, 5) is 8.23. The van der Waals surface area contributed by atoms with Crippen LogP contribution in [-0.4, -0.2) is 24.9 Å². The zero-order chi connectivity index (χ0) is 11.5. The van der Waals surface area contributed by atoms with E-state index in [0.717, 1.165) is 11.4 Å². The van der Waals surface area contributed by atoms with E-state index in [1.807, 2.05) is 26.2 Å². The van der Waals surface area contributed by atoms with Crippen LogP contribution < -0.4 is 0 Å². The summed E-state index contributed by atoms with van der Waals surface area (Å²) < 4.78 is 1.71. The Morgan fingerprint density at radius 3 is 2.75 bits per heavy atom. The van der Waals surface area contributed by atoms with E-state index in [1.165, 1.54) is 0 Å². The first kappa shape index (κ1) is 10.8. The molecule has 0 aliphatic rings. The van der Waals surface area contributed by atoms with Crippen molar-refractivity contribution in [3.63, 3.8) is 0 Å². The van der Waals surface area contributed by atoms with Gasteiger partial charge >= 0.3 is 0 Å². The van der Waals surface area contributed by atoms with E-state index >= 15 is 0 Å². The van der Waals surface area contributed by atoms with Gasteiger partial charge in [0.15, 0.2) is 0 Å². The van der Waals surface area contributed by atoms with Gasteiger partial charge in [-0.05, 0) is 13.0 Å². The van der Waals surface area contributed by atoms with Gasteiger partial charge in [0.05, 0.1) is 23.3 Å². The lowest BCUT2D eigenvalue weighted by Crippen LogP contribution is -2.06. The molecule has 0 spiro atoms. The molecule has 0 aliphatic carbocycles. The van der Waals surface area contributed by atoms with Crippen molar-refractivity contribution in [1.29, 1.82) is 0 Å². The monoisotopic (exact) mass is 218 g/mol. The summed E-state index contributed by atoms with van der Waals surface area (Å²) in [6, 6.07) is 1.88. The summed E-state index contributed by atoms with van der Waals surface area (Å²) in [6.07, 6.45) is 4.91. The van der Waals surface area contributed by atoms with Gasteiger partial charge in [-0.2, -0.15) is 5.10 Å². The third-order valence-electron chi connectivity index (χ3n) is 2.31. The highest BCUT2D eigenvalue weighted by atomic mass is 16.3. The molecule has 0 saturated heterocycles. The Bertz CT molecular complexity index is 463. The molecule has 2 heterocycles. The first-order chi connectivity index (χ1) is 7.65. The highest BCUT2D eigenvalue weighted by Gasteiger charge is 2.11. The molecule has 0 bridgehead atoms. The van der Waals surface area contributed by atoms with Gasteiger partial charge in [-0.1, -0.05) is 0 Å². The van der Waals surface area contributed by atoms with Crippen molar-refractivity contribution in [2.24, 2.45) is 7.05 Å². The van der Waals surface area contributed by atoms with Crippen LogP contribution in [0.3, 0.4) is 0 Å². The lowest BCUT2D eigenvalue weighted by Gasteiger charge is -2.07. The summed E-state index contributed by atoms with van der Waals surface area (Å²) in [5.41, 5.74) is 2.27. The number of hydrogen-bond acceptors (Lipinski definition) is 4. The predicted octanol–water partition coefficient (Wildman–Crippen LogP) is 0.795. The minimum Gasteiger partial charge on any atom is -0.386 e. The van der Waals surface area contributed by atoms with Gasteiger partial charge in [0.25, 0.3) is 0 Å². The lowest BCUT2D eigenvalue weighted by atomic mass is 10.1. The number of nitrogens with zero attached hydrogens (tertiary/aromatic N) is 4. The number of rotatable bonds is 3. The average Bonchev–Trinajstić information content (AvgIpc) is 2.65. The summed E-state index contributed by atoms with van der Waals surface area (Å²) >= 11 is 0. The number of aromatic nitrogens is 4. The van der Waals surface area contributed by atoms with Gasteiger partial charge in [0.1, 0.15) is 6.10 Å². The quantitative estimate of drug-likeness (QED) is 0.827. The average molecular weight is 218 g/mol. The van der Waals surface area contributed by atoms with Crippen molar-refractivity contribution < 1.29 is 5.11 Å². The standard InChI is InChI=1S/C11H14N4O/c1-8-6-13-10(7-12-8)11(16)5-9-3-4-15(2)14-9/h3-4,6-7,11,16H,5H2,1-2H3. The van der Waals surface area contributed by atoms with E-state index in [0.29, 0.717) is 12.1 Å². The molecule has 0 aliphatic heterocycles. The lowest BCUT2D eigenvalue weighted by molar-refractivity contribution is 0.171. The molecule has 84 valence electrons. The van der Waals surface area contributed by atoms with Gasteiger partial charge in [-0.15, -0.1) is 0 Å². The van der Waals surface area contributed by atoms with Crippen LogP contribution in [0, 0.1) is 6.92 Å². The second-order valence-corrected chi connectivity index (χ2v) is 3.78. The second-order valence-electron chi connectivity index (χ2n) is 3.78. The van der Waals surface area contributed by atoms with Crippen molar-refractivity contribution in [2.75, 3.05) is 0 Å². The first-order valence-electron chi connectivity index (χ1n) is 5.10. The molecule has 1 N–H and O–H groups in total. The maximum Gasteiger partial charge on any atom is 0.103 e. The largest absolute Gasteiger partial charge is 0.386 e. The van der Waals surface area contributed by atoms with Gasteiger partial charge < -0.3 is 5.11 Å². The van der Waals surface area contributed by atoms with Gasteiger partial charge in [-0.3, -0.25) is 14.6 Å². The Labute approximate surface area is 93.8 Å². The topological polar surface area (TPSA) is 63.8 Å². The van der Waals surface area contributed by atoms with E-state index in [4.69, 9.17) is 0 Å². The summed E-state index contributed by atoms with van der Waals surface area (Å²) in [7, 11) is 1.85. The van der Waals surface area contributed by atoms with Gasteiger partial charge in [-0.25, -0.2) is 0 Å². The summed E-state index contributed by atoms with van der Waals surface area (Å²) in [6.45, 7) is 1.86. The van der Waals surface area contributed by atoms with E-state index in [2.05, 4.69) is 15.1 Å². The molecule has 2 aromatic heterocycles. The molecule has 0 amide bonds. The number of aliphatic hydroxyl groups excluding tert-OH is 1. The van der Waals surface area contributed by atoms with Crippen LogP contribution in [0.15, 0.2) is 24.7 Å². The Morgan fingerprint density at radius 1 is 1.38 bits per heavy atom. The molecule has 1 atom stereocenters. The van der Waals surface area contributed by atoms with Crippen molar-refractivity contribution in [3.05, 3.63) is 41.7 Å². The van der Waals surface area contributed by atoms with Crippen molar-refractivity contribution in [2.45, 2.75) is 19.4 Å². The van der Waals surface area contributed by atoms with Crippen LogP contribution >= 0.6 is 0 Å².